The van der Waals surface area contributed by atoms with Crippen molar-refractivity contribution < 1.29 is 19.0 Å². The van der Waals surface area contributed by atoms with Gasteiger partial charge >= 0.3 is 6.09 Å². The summed E-state index contributed by atoms with van der Waals surface area (Å²) in [6, 6.07) is 9.81. The second-order valence-electron chi connectivity index (χ2n) is 8.62. The van der Waals surface area contributed by atoms with Crippen molar-refractivity contribution >= 4 is 11.8 Å². The number of carbonyl (C=O) groups is 1. The lowest BCUT2D eigenvalue weighted by atomic mass is 9.92. The van der Waals surface area contributed by atoms with Crippen LogP contribution in [0.25, 0.3) is 11.1 Å². The Kier molecular flexibility index (Phi) is 5.09. The minimum absolute atomic E-state index is 0.122. The van der Waals surface area contributed by atoms with E-state index in [2.05, 4.69) is 17.0 Å². The smallest absolute Gasteiger partial charge is 0.412 e. The molecule has 166 valence electrons. The number of likely N-dealkylation sites (N-methyl/N-ethyl adjacent to an activating group) is 1. The molecule has 8 heteroatoms. The maximum Gasteiger partial charge on any atom is 0.412 e. The molecule has 1 fully saturated rings. The number of aromatic nitrogens is 2. The Morgan fingerprint density at radius 3 is 2.62 bits per heavy atom. The lowest BCUT2D eigenvalue weighted by Gasteiger charge is -2.36. The zero-order valence-corrected chi connectivity index (χ0v) is 18.0. The van der Waals surface area contributed by atoms with E-state index in [0.717, 1.165) is 29.8 Å². The first kappa shape index (κ1) is 20.5. The highest BCUT2D eigenvalue weighted by atomic mass is 19.1. The largest absolute Gasteiger partial charge is 0.465 e. The molecular weight excluding hydrogens is 411 g/mol. The Balaban J connectivity index is 1.60. The second-order valence-corrected chi connectivity index (χ2v) is 8.62. The molecule has 0 radical (unpaired) electrons. The van der Waals surface area contributed by atoms with Crippen LogP contribution in [-0.4, -0.2) is 52.1 Å². The van der Waals surface area contributed by atoms with Crippen LogP contribution < -0.4 is 9.64 Å². The third-order valence-electron chi connectivity index (χ3n) is 6.32. The van der Waals surface area contributed by atoms with Crippen molar-refractivity contribution in [3.8, 4) is 22.6 Å². The van der Waals surface area contributed by atoms with Crippen molar-refractivity contribution in [1.82, 2.24) is 14.7 Å². The van der Waals surface area contributed by atoms with Crippen molar-refractivity contribution in [3.05, 3.63) is 60.2 Å². The summed E-state index contributed by atoms with van der Waals surface area (Å²) in [6.45, 7) is 3.82. The van der Waals surface area contributed by atoms with Crippen molar-refractivity contribution in [2.45, 2.75) is 31.8 Å². The van der Waals surface area contributed by atoms with Gasteiger partial charge in [-0.25, -0.2) is 9.18 Å². The SMILES string of the molecule is CC1CCc2c(ccc(-c3cnn(C4CN(C)C4)c3)c2Oc2ccc(F)cc2)N1C(=O)O. The standard InChI is InChI=1S/C24H25FN4O3/c1-15-3-8-21-22(29(15)24(30)31)10-9-20(23(21)32-19-6-4-17(25)5-7-19)16-11-26-28(12-16)18-13-27(2)14-18/h4-7,9-12,15,18H,3,8,13-14H2,1-2H3,(H,30,31). The number of anilines is 1. The molecule has 3 aromatic rings. The van der Waals surface area contributed by atoms with Gasteiger partial charge in [-0.15, -0.1) is 0 Å². The molecule has 1 N–H and O–H groups in total. The van der Waals surface area contributed by atoms with E-state index in [1.165, 1.54) is 17.0 Å². The molecule has 2 aliphatic heterocycles. The average Bonchev–Trinajstić information content (AvgIpc) is 3.22. The molecule has 0 bridgehead atoms. The zero-order valence-electron chi connectivity index (χ0n) is 18.0. The maximum atomic E-state index is 13.4. The van der Waals surface area contributed by atoms with Crippen LogP contribution in [0.1, 0.15) is 24.9 Å². The fraction of sp³-hybridized carbons (Fsp3) is 0.333. The van der Waals surface area contributed by atoms with Crippen LogP contribution in [0.3, 0.4) is 0 Å². The summed E-state index contributed by atoms with van der Waals surface area (Å²) in [5, 5.41) is 14.4. The predicted molar refractivity (Wildman–Crippen MR) is 119 cm³/mol. The van der Waals surface area contributed by atoms with Gasteiger partial charge in [-0.1, -0.05) is 0 Å². The molecular formula is C24H25FN4O3. The first-order chi connectivity index (χ1) is 15.4. The predicted octanol–water partition coefficient (Wildman–Crippen LogP) is 4.79. The van der Waals surface area contributed by atoms with Crippen molar-refractivity contribution in [3.63, 3.8) is 0 Å². The van der Waals surface area contributed by atoms with Crippen LogP contribution in [0, 0.1) is 5.82 Å². The van der Waals surface area contributed by atoms with E-state index in [-0.39, 0.29) is 11.9 Å². The first-order valence-corrected chi connectivity index (χ1v) is 10.7. The molecule has 32 heavy (non-hydrogen) atoms. The van der Waals surface area contributed by atoms with Crippen LogP contribution in [0.5, 0.6) is 11.5 Å². The molecule has 7 nitrogen and oxygen atoms in total. The molecule has 2 aliphatic rings. The number of carboxylic acid groups (broad SMARTS) is 1. The molecule has 1 unspecified atom stereocenters. The number of fused-ring (bicyclic) bond motifs is 1. The topological polar surface area (TPSA) is 70.8 Å². The van der Waals surface area contributed by atoms with E-state index in [0.29, 0.717) is 36.1 Å². The molecule has 5 rings (SSSR count). The summed E-state index contributed by atoms with van der Waals surface area (Å²) in [5.41, 5.74) is 3.21. The second kappa shape index (κ2) is 7.94. The van der Waals surface area contributed by atoms with E-state index in [1.54, 1.807) is 12.1 Å². The maximum absolute atomic E-state index is 13.4. The minimum Gasteiger partial charge on any atom is -0.465 e. The number of halogens is 1. The third kappa shape index (κ3) is 3.60. The normalized spacial score (nSPS) is 18.8. The first-order valence-electron chi connectivity index (χ1n) is 10.7. The Morgan fingerprint density at radius 2 is 1.94 bits per heavy atom. The van der Waals surface area contributed by atoms with Gasteiger partial charge in [0.2, 0.25) is 0 Å². The van der Waals surface area contributed by atoms with Gasteiger partial charge in [0.15, 0.2) is 0 Å². The van der Waals surface area contributed by atoms with Gasteiger partial charge in [0.1, 0.15) is 17.3 Å². The quantitative estimate of drug-likeness (QED) is 0.637. The number of benzene rings is 2. The lowest BCUT2D eigenvalue weighted by Crippen LogP contribution is -2.45. The molecule has 2 aromatic carbocycles. The molecule has 3 heterocycles. The van der Waals surface area contributed by atoms with Gasteiger partial charge in [0.25, 0.3) is 0 Å². The molecule has 1 amide bonds. The van der Waals surface area contributed by atoms with Crippen molar-refractivity contribution in [1.29, 1.82) is 0 Å². The monoisotopic (exact) mass is 436 g/mol. The van der Waals surface area contributed by atoms with Crippen molar-refractivity contribution in [2.75, 3.05) is 25.0 Å². The van der Waals surface area contributed by atoms with Crippen LogP contribution in [0.4, 0.5) is 14.9 Å². The zero-order chi connectivity index (χ0) is 22.4. The van der Waals surface area contributed by atoms with Gasteiger partial charge in [-0.3, -0.25) is 9.58 Å². The number of hydrogen-bond donors (Lipinski definition) is 1. The van der Waals surface area contributed by atoms with Crippen LogP contribution in [0.2, 0.25) is 0 Å². The van der Waals surface area contributed by atoms with Gasteiger partial charge in [0, 0.05) is 42.0 Å². The highest BCUT2D eigenvalue weighted by Gasteiger charge is 2.32. The average molecular weight is 436 g/mol. The summed E-state index contributed by atoms with van der Waals surface area (Å²) >= 11 is 0. The number of likely N-dealkylation sites (tertiary alicyclic amines) is 1. The van der Waals surface area contributed by atoms with Gasteiger partial charge < -0.3 is 14.7 Å². The van der Waals surface area contributed by atoms with Crippen LogP contribution in [-0.2, 0) is 6.42 Å². The molecule has 1 aromatic heterocycles. The van der Waals surface area contributed by atoms with E-state index >= 15 is 0 Å². The van der Waals surface area contributed by atoms with Gasteiger partial charge in [-0.05, 0) is 63.2 Å². The number of rotatable bonds is 4. The fourth-order valence-electron chi connectivity index (χ4n) is 4.57. The highest BCUT2D eigenvalue weighted by molar-refractivity contribution is 5.91. The Labute approximate surface area is 185 Å². The summed E-state index contributed by atoms with van der Waals surface area (Å²) in [6.07, 6.45) is 4.22. The summed E-state index contributed by atoms with van der Waals surface area (Å²) in [7, 11) is 2.08. The van der Waals surface area contributed by atoms with E-state index in [4.69, 9.17) is 4.74 Å². The number of amides is 1. The fourth-order valence-corrected chi connectivity index (χ4v) is 4.57. The molecule has 0 spiro atoms. The molecule has 1 saturated heterocycles. The molecule has 0 aliphatic carbocycles. The molecule has 1 atom stereocenters. The van der Waals surface area contributed by atoms with Crippen molar-refractivity contribution in [2.24, 2.45) is 0 Å². The number of hydrogen-bond acceptors (Lipinski definition) is 4. The Hall–Kier alpha value is -3.39. The summed E-state index contributed by atoms with van der Waals surface area (Å²) in [5.74, 6) is 0.748. The Bertz CT molecular complexity index is 1150. The van der Waals surface area contributed by atoms with Crippen LogP contribution >= 0.6 is 0 Å². The third-order valence-corrected chi connectivity index (χ3v) is 6.32. The van der Waals surface area contributed by atoms with Gasteiger partial charge in [-0.2, -0.15) is 5.10 Å². The number of ether oxygens (including phenoxy) is 1. The van der Waals surface area contributed by atoms with Gasteiger partial charge in [0.05, 0.1) is 17.9 Å². The number of nitrogens with zero attached hydrogens (tertiary/aromatic N) is 4. The highest BCUT2D eigenvalue weighted by Crippen LogP contribution is 2.44. The summed E-state index contributed by atoms with van der Waals surface area (Å²) in [4.78, 5) is 15.6. The van der Waals surface area contributed by atoms with E-state index < -0.39 is 6.09 Å². The van der Waals surface area contributed by atoms with Crippen LogP contribution in [0.15, 0.2) is 48.8 Å². The minimum atomic E-state index is -0.985. The molecule has 0 saturated carbocycles. The summed E-state index contributed by atoms with van der Waals surface area (Å²) < 4.78 is 21.7. The van der Waals surface area contributed by atoms with E-state index in [9.17, 15) is 14.3 Å². The van der Waals surface area contributed by atoms with E-state index in [1.807, 2.05) is 36.1 Å². The lowest BCUT2D eigenvalue weighted by molar-refractivity contribution is 0.130. The Morgan fingerprint density at radius 1 is 1.19 bits per heavy atom.